The molecule has 1 N–H and O–H groups in total. The predicted molar refractivity (Wildman–Crippen MR) is 69.6 cm³/mol. The van der Waals surface area contributed by atoms with E-state index in [2.05, 4.69) is 24.1 Å². The van der Waals surface area contributed by atoms with Crippen molar-refractivity contribution in [2.45, 2.75) is 52.0 Å². The molecule has 0 aromatic carbocycles. The van der Waals surface area contributed by atoms with Gasteiger partial charge in [-0.1, -0.05) is 26.2 Å². The first kappa shape index (κ1) is 12.4. The van der Waals surface area contributed by atoms with E-state index in [0.717, 1.165) is 11.8 Å². The largest absolute Gasteiger partial charge is 0.312 e. The van der Waals surface area contributed by atoms with Gasteiger partial charge in [-0.05, 0) is 31.6 Å². The summed E-state index contributed by atoms with van der Waals surface area (Å²) in [5, 5.41) is 3.53. The van der Waals surface area contributed by atoms with Gasteiger partial charge in [0.2, 0.25) is 0 Å². The Bertz CT molecular complexity index is 205. The summed E-state index contributed by atoms with van der Waals surface area (Å²) in [6.45, 7) is 9.74. The second kappa shape index (κ2) is 6.02. The fourth-order valence-corrected chi connectivity index (χ4v) is 3.48. The van der Waals surface area contributed by atoms with Crippen molar-refractivity contribution in [3.05, 3.63) is 0 Å². The molecule has 2 nitrogen and oxygen atoms in total. The van der Waals surface area contributed by atoms with Crippen LogP contribution in [0.3, 0.4) is 0 Å². The first-order valence-electron chi connectivity index (χ1n) is 7.23. The lowest BCUT2D eigenvalue weighted by molar-refractivity contribution is 0.143. The fraction of sp³-hybridized carbons (Fsp3) is 1.00. The summed E-state index contributed by atoms with van der Waals surface area (Å²) in [6, 6.07) is 0.694. The second-order valence-corrected chi connectivity index (χ2v) is 5.92. The molecule has 0 radical (unpaired) electrons. The molecule has 1 aliphatic heterocycles. The summed E-state index contributed by atoms with van der Waals surface area (Å²) < 4.78 is 0. The van der Waals surface area contributed by atoms with Crippen molar-refractivity contribution in [3.8, 4) is 0 Å². The highest BCUT2D eigenvalue weighted by atomic mass is 15.2. The third-order valence-electron chi connectivity index (χ3n) is 4.44. The van der Waals surface area contributed by atoms with Gasteiger partial charge < -0.3 is 10.2 Å². The van der Waals surface area contributed by atoms with Crippen LogP contribution in [0.15, 0.2) is 0 Å². The van der Waals surface area contributed by atoms with Crippen LogP contribution in [0.5, 0.6) is 0 Å². The van der Waals surface area contributed by atoms with Crippen LogP contribution < -0.4 is 5.32 Å². The molecular weight excluding hydrogens is 196 g/mol. The van der Waals surface area contributed by atoms with Crippen molar-refractivity contribution >= 4 is 0 Å². The minimum atomic E-state index is 0.694. The van der Waals surface area contributed by atoms with E-state index in [4.69, 9.17) is 0 Å². The molecule has 0 aromatic rings. The Hall–Kier alpha value is -0.0800. The SMILES string of the molecule is CCC1CCCC(CN2CCN[C@@H](C)C2)C1. The van der Waals surface area contributed by atoms with E-state index in [1.54, 1.807) is 0 Å². The highest BCUT2D eigenvalue weighted by Crippen LogP contribution is 2.31. The monoisotopic (exact) mass is 224 g/mol. The highest BCUT2D eigenvalue weighted by molar-refractivity contribution is 4.80. The summed E-state index contributed by atoms with van der Waals surface area (Å²) in [5.74, 6) is 2.02. The van der Waals surface area contributed by atoms with E-state index >= 15 is 0 Å². The van der Waals surface area contributed by atoms with Gasteiger partial charge in [0, 0.05) is 32.2 Å². The van der Waals surface area contributed by atoms with Crippen LogP contribution >= 0.6 is 0 Å². The summed E-state index contributed by atoms with van der Waals surface area (Å²) >= 11 is 0. The average molecular weight is 224 g/mol. The molecule has 2 rings (SSSR count). The van der Waals surface area contributed by atoms with E-state index in [0.29, 0.717) is 6.04 Å². The van der Waals surface area contributed by atoms with Crippen LogP contribution in [0.1, 0.15) is 46.0 Å². The van der Waals surface area contributed by atoms with Crippen LogP contribution in [0, 0.1) is 11.8 Å². The first-order valence-corrected chi connectivity index (χ1v) is 7.23. The normalized spacial score (nSPS) is 37.5. The lowest BCUT2D eigenvalue weighted by atomic mass is 9.80. The van der Waals surface area contributed by atoms with Crippen molar-refractivity contribution in [2.75, 3.05) is 26.2 Å². The topological polar surface area (TPSA) is 15.3 Å². The van der Waals surface area contributed by atoms with Crippen molar-refractivity contribution in [3.63, 3.8) is 0 Å². The standard InChI is InChI=1S/C14H28N2/c1-3-13-5-4-6-14(9-13)11-16-8-7-15-12(2)10-16/h12-15H,3-11H2,1-2H3/t12-,13?,14?/m0/s1. The van der Waals surface area contributed by atoms with E-state index in [-0.39, 0.29) is 0 Å². The van der Waals surface area contributed by atoms with Crippen LogP contribution in [0.4, 0.5) is 0 Å². The maximum Gasteiger partial charge on any atom is 0.0167 e. The number of nitrogens with zero attached hydrogens (tertiary/aromatic N) is 1. The maximum atomic E-state index is 3.53. The van der Waals surface area contributed by atoms with Gasteiger partial charge in [0.1, 0.15) is 0 Å². The molecule has 1 aliphatic carbocycles. The van der Waals surface area contributed by atoms with Gasteiger partial charge in [0.05, 0.1) is 0 Å². The summed E-state index contributed by atoms with van der Waals surface area (Å²) in [6.07, 6.45) is 7.34. The van der Waals surface area contributed by atoms with Crippen LogP contribution in [0.25, 0.3) is 0 Å². The van der Waals surface area contributed by atoms with Crippen molar-refractivity contribution in [1.29, 1.82) is 0 Å². The van der Waals surface area contributed by atoms with Gasteiger partial charge in [-0.25, -0.2) is 0 Å². The lowest BCUT2D eigenvalue weighted by Crippen LogP contribution is -2.50. The fourth-order valence-electron chi connectivity index (χ4n) is 3.48. The molecule has 0 bridgehead atoms. The second-order valence-electron chi connectivity index (χ2n) is 5.92. The Morgan fingerprint density at radius 2 is 2.06 bits per heavy atom. The third-order valence-corrected chi connectivity index (χ3v) is 4.44. The Kier molecular flexibility index (Phi) is 4.66. The summed E-state index contributed by atoms with van der Waals surface area (Å²) in [7, 11) is 0. The predicted octanol–water partition coefficient (Wildman–Crippen LogP) is 2.50. The molecular formula is C14H28N2. The maximum absolute atomic E-state index is 3.53. The number of hydrogen-bond acceptors (Lipinski definition) is 2. The molecule has 1 saturated heterocycles. The van der Waals surface area contributed by atoms with Crippen molar-refractivity contribution in [2.24, 2.45) is 11.8 Å². The molecule has 1 saturated carbocycles. The average Bonchev–Trinajstić information content (AvgIpc) is 2.29. The summed E-state index contributed by atoms with van der Waals surface area (Å²) in [5.41, 5.74) is 0. The first-order chi connectivity index (χ1) is 7.78. The quantitative estimate of drug-likeness (QED) is 0.792. The zero-order valence-electron chi connectivity index (χ0n) is 11.0. The Labute approximate surface area is 101 Å². The minimum Gasteiger partial charge on any atom is -0.312 e. The number of piperazine rings is 1. The zero-order chi connectivity index (χ0) is 11.4. The van der Waals surface area contributed by atoms with E-state index in [9.17, 15) is 0 Å². The molecule has 2 unspecified atom stereocenters. The molecule has 0 amide bonds. The lowest BCUT2D eigenvalue weighted by Gasteiger charge is -2.37. The number of hydrogen-bond donors (Lipinski definition) is 1. The molecule has 2 aliphatic rings. The molecule has 2 fully saturated rings. The van der Waals surface area contributed by atoms with Crippen LogP contribution in [-0.2, 0) is 0 Å². The Balaban J connectivity index is 1.75. The molecule has 94 valence electrons. The summed E-state index contributed by atoms with van der Waals surface area (Å²) in [4.78, 5) is 2.68. The van der Waals surface area contributed by atoms with Crippen molar-refractivity contribution < 1.29 is 0 Å². The third kappa shape index (κ3) is 3.46. The molecule has 2 heteroatoms. The minimum absolute atomic E-state index is 0.694. The van der Waals surface area contributed by atoms with Gasteiger partial charge >= 0.3 is 0 Å². The highest BCUT2D eigenvalue weighted by Gasteiger charge is 2.24. The molecule has 1 heterocycles. The molecule has 0 aromatic heterocycles. The van der Waals surface area contributed by atoms with Gasteiger partial charge in [-0.2, -0.15) is 0 Å². The van der Waals surface area contributed by atoms with E-state index < -0.39 is 0 Å². The van der Waals surface area contributed by atoms with Gasteiger partial charge in [-0.15, -0.1) is 0 Å². The number of rotatable bonds is 3. The molecule has 16 heavy (non-hydrogen) atoms. The van der Waals surface area contributed by atoms with Crippen LogP contribution in [0.2, 0.25) is 0 Å². The Morgan fingerprint density at radius 1 is 1.25 bits per heavy atom. The van der Waals surface area contributed by atoms with Crippen molar-refractivity contribution in [1.82, 2.24) is 10.2 Å². The molecule has 0 spiro atoms. The number of nitrogens with one attached hydrogen (secondary N) is 1. The van der Waals surface area contributed by atoms with Gasteiger partial charge in [-0.3, -0.25) is 0 Å². The van der Waals surface area contributed by atoms with Gasteiger partial charge in [0.15, 0.2) is 0 Å². The van der Waals surface area contributed by atoms with E-state index in [1.807, 2.05) is 0 Å². The smallest absolute Gasteiger partial charge is 0.0167 e. The van der Waals surface area contributed by atoms with Gasteiger partial charge in [0.25, 0.3) is 0 Å². The van der Waals surface area contributed by atoms with Crippen LogP contribution in [-0.4, -0.2) is 37.1 Å². The molecule has 3 atom stereocenters. The zero-order valence-corrected chi connectivity index (χ0v) is 11.0. The Morgan fingerprint density at radius 3 is 2.81 bits per heavy atom. The van der Waals surface area contributed by atoms with E-state index in [1.165, 1.54) is 58.3 Å².